The average Bonchev–Trinajstić information content (AvgIpc) is 2.98. The first-order valence-corrected chi connectivity index (χ1v) is 7.55. The summed E-state index contributed by atoms with van der Waals surface area (Å²) in [4.78, 5) is 5.36. The first-order chi connectivity index (χ1) is 10.4. The summed E-state index contributed by atoms with van der Waals surface area (Å²) in [5.41, 5.74) is 5.73. The first-order valence-electron chi connectivity index (χ1n) is 6.67. The summed E-state index contributed by atoms with van der Waals surface area (Å²) >= 11 is 1.68. The average molecular weight is 327 g/mol. The maximum absolute atomic E-state index is 12.4. The zero-order chi connectivity index (χ0) is 16.0. The second-order valence-corrected chi connectivity index (χ2v) is 5.68. The fourth-order valence-corrected chi connectivity index (χ4v) is 2.51. The number of halogens is 3. The Bertz CT molecular complexity index is 604. The molecule has 0 saturated carbocycles. The van der Waals surface area contributed by atoms with Crippen molar-refractivity contribution in [3.05, 3.63) is 57.8 Å². The van der Waals surface area contributed by atoms with Crippen LogP contribution in [-0.2, 0) is 19.1 Å². The van der Waals surface area contributed by atoms with Gasteiger partial charge in [-0.2, -0.15) is 13.2 Å². The Labute approximate surface area is 130 Å². The number of benzene rings is 1. The molecular formula is C15H16F3N3S. The van der Waals surface area contributed by atoms with Crippen molar-refractivity contribution >= 4 is 17.3 Å². The molecule has 2 rings (SSSR count). The van der Waals surface area contributed by atoms with E-state index in [1.165, 1.54) is 17.0 Å². The van der Waals surface area contributed by atoms with Crippen LogP contribution < -0.4 is 11.1 Å². The van der Waals surface area contributed by atoms with E-state index < -0.39 is 11.7 Å². The van der Waals surface area contributed by atoms with Crippen LogP contribution in [0.4, 0.5) is 13.2 Å². The van der Waals surface area contributed by atoms with Crippen molar-refractivity contribution in [3.63, 3.8) is 0 Å². The molecule has 0 aliphatic heterocycles. The Morgan fingerprint density at radius 1 is 1.18 bits per heavy atom. The maximum atomic E-state index is 12.4. The van der Waals surface area contributed by atoms with Gasteiger partial charge < -0.3 is 11.1 Å². The van der Waals surface area contributed by atoms with Crippen molar-refractivity contribution in [2.75, 3.05) is 6.54 Å². The largest absolute Gasteiger partial charge is 0.416 e. The van der Waals surface area contributed by atoms with Gasteiger partial charge in [0.15, 0.2) is 5.96 Å². The van der Waals surface area contributed by atoms with Gasteiger partial charge in [0.05, 0.1) is 12.1 Å². The van der Waals surface area contributed by atoms with E-state index in [4.69, 9.17) is 5.73 Å². The molecule has 0 fully saturated rings. The molecule has 0 aliphatic rings. The van der Waals surface area contributed by atoms with Crippen molar-refractivity contribution in [1.29, 1.82) is 0 Å². The molecule has 0 atom stereocenters. The third-order valence-corrected chi connectivity index (χ3v) is 3.91. The molecular weight excluding hydrogens is 311 g/mol. The number of hydrogen-bond donors (Lipinski definition) is 2. The molecule has 22 heavy (non-hydrogen) atoms. The number of nitrogens with zero attached hydrogens (tertiary/aromatic N) is 1. The van der Waals surface area contributed by atoms with Crippen LogP contribution in [0.25, 0.3) is 0 Å². The van der Waals surface area contributed by atoms with Crippen LogP contribution in [0.5, 0.6) is 0 Å². The highest BCUT2D eigenvalue weighted by atomic mass is 32.1. The molecule has 1 aromatic heterocycles. The standard InChI is InChI=1S/C15H16F3N3S/c16-15(17,18)12-5-3-11(4-6-12)10-21-14(19)20-8-7-13-2-1-9-22-13/h1-6,9H,7-8,10H2,(H3,19,20,21). The summed E-state index contributed by atoms with van der Waals surface area (Å²) in [5.74, 6) is 0.288. The third-order valence-electron chi connectivity index (χ3n) is 2.97. The first kappa shape index (κ1) is 16.4. The zero-order valence-electron chi connectivity index (χ0n) is 11.7. The smallest absolute Gasteiger partial charge is 0.370 e. The second-order valence-electron chi connectivity index (χ2n) is 4.65. The molecule has 1 aromatic carbocycles. The summed E-state index contributed by atoms with van der Waals surface area (Å²) in [6.45, 7) is 0.916. The van der Waals surface area contributed by atoms with Gasteiger partial charge in [-0.05, 0) is 35.6 Å². The van der Waals surface area contributed by atoms with E-state index in [9.17, 15) is 13.2 Å². The van der Waals surface area contributed by atoms with Gasteiger partial charge in [0.2, 0.25) is 0 Å². The number of aliphatic imine (C=N–C) groups is 1. The van der Waals surface area contributed by atoms with Crippen molar-refractivity contribution in [2.24, 2.45) is 10.7 Å². The Kier molecular flexibility index (Phi) is 5.43. The molecule has 2 aromatic rings. The minimum absolute atomic E-state index is 0.246. The van der Waals surface area contributed by atoms with Crippen LogP contribution in [0.3, 0.4) is 0 Å². The Morgan fingerprint density at radius 3 is 2.50 bits per heavy atom. The van der Waals surface area contributed by atoms with Crippen molar-refractivity contribution in [1.82, 2.24) is 5.32 Å². The van der Waals surface area contributed by atoms with Gasteiger partial charge in [-0.1, -0.05) is 18.2 Å². The van der Waals surface area contributed by atoms with Gasteiger partial charge in [0.1, 0.15) is 0 Å². The minimum Gasteiger partial charge on any atom is -0.370 e. The van der Waals surface area contributed by atoms with E-state index in [0.29, 0.717) is 12.1 Å². The van der Waals surface area contributed by atoms with Crippen LogP contribution >= 0.6 is 11.3 Å². The predicted molar refractivity (Wildman–Crippen MR) is 82.8 cm³/mol. The van der Waals surface area contributed by atoms with E-state index in [1.54, 1.807) is 11.3 Å². The lowest BCUT2D eigenvalue weighted by Crippen LogP contribution is -2.33. The number of hydrogen-bond acceptors (Lipinski definition) is 2. The summed E-state index contributed by atoms with van der Waals surface area (Å²) in [7, 11) is 0. The lowest BCUT2D eigenvalue weighted by Gasteiger charge is -2.07. The lowest BCUT2D eigenvalue weighted by atomic mass is 10.1. The van der Waals surface area contributed by atoms with E-state index in [0.717, 1.165) is 18.6 Å². The molecule has 0 amide bonds. The van der Waals surface area contributed by atoms with Crippen molar-refractivity contribution in [3.8, 4) is 0 Å². The van der Waals surface area contributed by atoms with Crippen LogP contribution in [0.1, 0.15) is 16.0 Å². The Hall–Kier alpha value is -2.02. The number of nitrogens with one attached hydrogen (secondary N) is 1. The zero-order valence-corrected chi connectivity index (χ0v) is 12.5. The van der Waals surface area contributed by atoms with Crippen LogP contribution in [-0.4, -0.2) is 12.5 Å². The summed E-state index contributed by atoms with van der Waals surface area (Å²) in [6, 6.07) is 8.94. The fraction of sp³-hybridized carbons (Fsp3) is 0.267. The molecule has 118 valence electrons. The van der Waals surface area contributed by atoms with E-state index in [1.807, 2.05) is 17.5 Å². The third kappa shape index (κ3) is 5.07. The monoisotopic (exact) mass is 327 g/mol. The van der Waals surface area contributed by atoms with Crippen molar-refractivity contribution < 1.29 is 13.2 Å². The van der Waals surface area contributed by atoms with Gasteiger partial charge in [-0.15, -0.1) is 11.3 Å². The normalized spacial score (nSPS) is 12.4. The number of alkyl halides is 3. The topological polar surface area (TPSA) is 50.4 Å². The highest BCUT2D eigenvalue weighted by Gasteiger charge is 2.29. The number of nitrogens with two attached hydrogens (primary N) is 1. The highest BCUT2D eigenvalue weighted by Crippen LogP contribution is 2.29. The summed E-state index contributed by atoms with van der Waals surface area (Å²) < 4.78 is 37.3. The van der Waals surface area contributed by atoms with Crippen LogP contribution in [0.15, 0.2) is 46.8 Å². The quantitative estimate of drug-likeness (QED) is 0.653. The molecule has 0 aliphatic carbocycles. The molecule has 7 heteroatoms. The van der Waals surface area contributed by atoms with Gasteiger partial charge in [0, 0.05) is 11.4 Å². The van der Waals surface area contributed by atoms with Gasteiger partial charge in [-0.3, -0.25) is 0 Å². The van der Waals surface area contributed by atoms with Crippen LogP contribution in [0, 0.1) is 0 Å². The second kappa shape index (κ2) is 7.31. The Balaban J connectivity index is 1.80. The minimum atomic E-state index is -4.32. The summed E-state index contributed by atoms with van der Waals surface area (Å²) in [5, 5.41) is 4.99. The van der Waals surface area contributed by atoms with E-state index in [-0.39, 0.29) is 12.5 Å². The molecule has 0 unspecified atom stereocenters. The summed E-state index contributed by atoms with van der Waals surface area (Å²) in [6.07, 6.45) is -3.46. The fourth-order valence-electron chi connectivity index (χ4n) is 1.80. The van der Waals surface area contributed by atoms with E-state index in [2.05, 4.69) is 10.3 Å². The number of guanidine groups is 1. The molecule has 0 saturated heterocycles. The van der Waals surface area contributed by atoms with Gasteiger partial charge >= 0.3 is 6.18 Å². The van der Waals surface area contributed by atoms with Gasteiger partial charge in [0.25, 0.3) is 0 Å². The molecule has 0 radical (unpaired) electrons. The number of thiophene rings is 1. The Morgan fingerprint density at radius 2 is 1.91 bits per heavy atom. The van der Waals surface area contributed by atoms with Gasteiger partial charge in [-0.25, -0.2) is 4.99 Å². The molecule has 3 N–H and O–H groups in total. The van der Waals surface area contributed by atoms with E-state index >= 15 is 0 Å². The number of rotatable bonds is 5. The molecule has 3 nitrogen and oxygen atoms in total. The van der Waals surface area contributed by atoms with Crippen LogP contribution in [0.2, 0.25) is 0 Å². The lowest BCUT2D eigenvalue weighted by molar-refractivity contribution is -0.137. The molecule has 0 bridgehead atoms. The highest BCUT2D eigenvalue weighted by molar-refractivity contribution is 7.09. The van der Waals surface area contributed by atoms with Crippen molar-refractivity contribution in [2.45, 2.75) is 19.1 Å². The molecule has 1 heterocycles. The SMILES string of the molecule is NC(=NCc1ccc(C(F)(F)F)cc1)NCCc1cccs1. The molecule has 0 spiro atoms. The maximum Gasteiger partial charge on any atom is 0.416 e. The predicted octanol–water partition coefficient (Wildman–Crippen LogP) is 3.41.